The molecular formula is C20H31N3O6S2. The fraction of sp³-hybridized carbons (Fsp3) is 0.600. The van der Waals surface area contributed by atoms with Crippen molar-refractivity contribution >= 4 is 33.6 Å². The number of ether oxygens (including phenoxy) is 2. The van der Waals surface area contributed by atoms with Crippen LogP contribution in [0.25, 0.3) is 0 Å². The molecule has 1 atom stereocenters. The zero-order valence-electron chi connectivity index (χ0n) is 18.4. The summed E-state index contributed by atoms with van der Waals surface area (Å²) >= 11 is 1.56. The highest BCUT2D eigenvalue weighted by molar-refractivity contribution is 7.98. The molecule has 9 nitrogen and oxygen atoms in total. The number of carbonyl (C=O) groups is 2. The van der Waals surface area contributed by atoms with Crippen LogP contribution in [0.5, 0.6) is 11.5 Å². The van der Waals surface area contributed by atoms with E-state index in [-0.39, 0.29) is 17.6 Å². The van der Waals surface area contributed by atoms with E-state index in [1.807, 2.05) is 6.26 Å². The lowest BCUT2D eigenvalue weighted by Gasteiger charge is -2.36. The molecule has 1 aliphatic heterocycles. The lowest BCUT2D eigenvalue weighted by Crippen LogP contribution is -2.56. The molecule has 174 valence electrons. The van der Waals surface area contributed by atoms with Crippen LogP contribution < -0.4 is 14.2 Å². The number of nitrogens with one attached hydrogen (secondary N) is 1. The van der Waals surface area contributed by atoms with Crippen LogP contribution >= 0.6 is 11.8 Å². The molecule has 0 bridgehead atoms. The van der Waals surface area contributed by atoms with Gasteiger partial charge in [-0.05, 0) is 43.6 Å². The van der Waals surface area contributed by atoms with Gasteiger partial charge in [-0.2, -0.15) is 11.8 Å². The molecule has 1 fully saturated rings. The summed E-state index contributed by atoms with van der Waals surface area (Å²) in [6, 6.07) is 4.21. The maximum Gasteiger partial charge on any atom is 0.254 e. The van der Waals surface area contributed by atoms with E-state index >= 15 is 0 Å². The van der Waals surface area contributed by atoms with Crippen molar-refractivity contribution in [2.75, 3.05) is 58.2 Å². The molecule has 1 N–H and O–H groups in total. The normalized spacial score (nSPS) is 15.5. The predicted octanol–water partition coefficient (Wildman–Crippen LogP) is 1.05. The Labute approximate surface area is 188 Å². The molecule has 1 aromatic carbocycles. The van der Waals surface area contributed by atoms with Crippen LogP contribution in [0.4, 0.5) is 0 Å². The van der Waals surface area contributed by atoms with E-state index in [0.29, 0.717) is 55.4 Å². The van der Waals surface area contributed by atoms with E-state index in [9.17, 15) is 18.0 Å². The molecule has 11 heteroatoms. The summed E-state index contributed by atoms with van der Waals surface area (Å²) in [6.07, 6.45) is 2.33. The Hall–Kier alpha value is -1.98. The van der Waals surface area contributed by atoms with Crippen LogP contribution in [0.2, 0.25) is 0 Å². The van der Waals surface area contributed by atoms with Crippen LogP contribution in [-0.2, 0) is 14.8 Å². The molecule has 0 aromatic heterocycles. The summed E-state index contributed by atoms with van der Waals surface area (Å²) in [6.45, 7) is 2.98. The number of carbonyl (C=O) groups excluding carboxylic acids is 2. The first-order valence-electron chi connectivity index (χ1n) is 10.0. The minimum Gasteiger partial charge on any atom is -0.493 e. The number of methoxy groups -OCH3 is 2. The Morgan fingerprint density at radius 1 is 1.10 bits per heavy atom. The van der Waals surface area contributed by atoms with Crippen LogP contribution in [0, 0.1) is 0 Å². The molecule has 1 aliphatic rings. The van der Waals surface area contributed by atoms with Crippen molar-refractivity contribution in [3.63, 3.8) is 0 Å². The Kier molecular flexibility index (Phi) is 9.45. The third kappa shape index (κ3) is 6.75. The molecular weight excluding hydrogens is 442 g/mol. The molecule has 0 saturated carbocycles. The fourth-order valence-corrected chi connectivity index (χ4v) is 4.56. The van der Waals surface area contributed by atoms with Gasteiger partial charge in [0.2, 0.25) is 15.9 Å². The number of hydrogen-bond acceptors (Lipinski definition) is 7. The van der Waals surface area contributed by atoms with Gasteiger partial charge in [-0.1, -0.05) is 0 Å². The summed E-state index contributed by atoms with van der Waals surface area (Å²) in [4.78, 5) is 29.1. The van der Waals surface area contributed by atoms with Crippen LogP contribution in [0.15, 0.2) is 18.2 Å². The molecule has 2 rings (SSSR count). The topological polar surface area (TPSA) is 105 Å². The van der Waals surface area contributed by atoms with E-state index in [1.165, 1.54) is 21.1 Å². The van der Waals surface area contributed by atoms with Crippen molar-refractivity contribution in [3.05, 3.63) is 23.8 Å². The largest absolute Gasteiger partial charge is 0.493 e. The molecule has 0 spiro atoms. The maximum absolute atomic E-state index is 13.0. The molecule has 1 aromatic rings. The van der Waals surface area contributed by atoms with Gasteiger partial charge in [0.15, 0.2) is 11.5 Å². The summed E-state index contributed by atoms with van der Waals surface area (Å²) < 4.78 is 37.0. The van der Waals surface area contributed by atoms with E-state index < -0.39 is 16.1 Å². The van der Waals surface area contributed by atoms with Crippen molar-refractivity contribution in [1.29, 1.82) is 0 Å². The zero-order valence-corrected chi connectivity index (χ0v) is 20.1. The summed E-state index contributed by atoms with van der Waals surface area (Å²) in [7, 11) is -0.458. The van der Waals surface area contributed by atoms with Gasteiger partial charge in [-0.3, -0.25) is 9.59 Å². The summed E-state index contributed by atoms with van der Waals surface area (Å²) in [5.41, 5.74) is 0.478. The average molecular weight is 474 g/mol. The van der Waals surface area contributed by atoms with E-state index in [4.69, 9.17) is 9.47 Å². The summed E-state index contributed by atoms with van der Waals surface area (Å²) in [5, 5.41) is 0. The van der Waals surface area contributed by atoms with Gasteiger partial charge >= 0.3 is 0 Å². The second kappa shape index (κ2) is 11.6. The molecule has 0 aliphatic carbocycles. The minimum atomic E-state index is -3.50. The first-order chi connectivity index (χ1) is 14.8. The molecule has 2 amide bonds. The number of nitrogens with zero attached hydrogens (tertiary/aromatic N) is 2. The van der Waals surface area contributed by atoms with Crippen LogP contribution in [0.1, 0.15) is 23.7 Å². The summed E-state index contributed by atoms with van der Waals surface area (Å²) in [5.74, 6) is 1.20. The predicted molar refractivity (Wildman–Crippen MR) is 121 cm³/mol. The SMILES string of the molecule is CCS(=O)(=O)NC(CCSC)C(=O)N1CCN(C(=O)c2ccc(OC)c(OC)c2)CC1. The van der Waals surface area contributed by atoms with Gasteiger partial charge in [0, 0.05) is 31.7 Å². The molecule has 1 saturated heterocycles. The minimum absolute atomic E-state index is 0.0797. The second-order valence-electron chi connectivity index (χ2n) is 7.04. The third-order valence-electron chi connectivity index (χ3n) is 5.12. The Bertz CT molecular complexity index is 870. The van der Waals surface area contributed by atoms with Crippen molar-refractivity contribution in [3.8, 4) is 11.5 Å². The van der Waals surface area contributed by atoms with Gasteiger partial charge in [0.1, 0.15) is 6.04 Å². The maximum atomic E-state index is 13.0. The van der Waals surface area contributed by atoms with E-state index in [1.54, 1.807) is 39.8 Å². The van der Waals surface area contributed by atoms with E-state index in [0.717, 1.165) is 0 Å². The van der Waals surface area contributed by atoms with Gasteiger partial charge < -0.3 is 19.3 Å². The molecule has 1 heterocycles. The highest BCUT2D eigenvalue weighted by atomic mass is 32.2. The van der Waals surface area contributed by atoms with Gasteiger partial charge in [-0.25, -0.2) is 13.1 Å². The lowest BCUT2D eigenvalue weighted by atomic mass is 10.1. The van der Waals surface area contributed by atoms with Gasteiger partial charge in [-0.15, -0.1) is 0 Å². The molecule has 0 radical (unpaired) electrons. The number of amides is 2. The molecule has 1 unspecified atom stereocenters. The Morgan fingerprint density at radius 3 is 2.26 bits per heavy atom. The average Bonchev–Trinajstić information content (AvgIpc) is 2.80. The van der Waals surface area contributed by atoms with Crippen molar-refractivity contribution in [1.82, 2.24) is 14.5 Å². The highest BCUT2D eigenvalue weighted by Crippen LogP contribution is 2.28. The fourth-order valence-electron chi connectivity index (χ4n) is 3.27. The number of thioether (sulfide) groups is 1. The van der Waals surface area contributed by atoms with Crippen molar-refractivity contribution in [2.45, 2.75) is 19.4 Å². The van der Waals surface area contributed by atoms with Crippen molar-refractivity contribution in [2.24, 2.45) is 0 Å². The Morgan fingerprint density at radius 2 is 1.71 bits per heavy atom. The second-order valence-corrected chi connectivity index (χ2v) is 10.1. The first-order valence-corrected chi connectivity index (χ1v) is 13.1. The number of benzene rings is 1. The van der Waals surface area contributed by atoms with Gasteiger partial charge in [0.05, 0.1) is 20.0 Å². The number of rotatable bonds is 10. The lowest BCUT2D eigenvalue weighted by molar-refractivity contribution is -0.134. The van der Waals surface area contributed by atoms with Crippen molar-refractivity contribution < 1.29 is 27.5 Å². The smallest absolute Gasteiger partial charge is 0.254 e. The number of sulfonamides is 1. The van der Waals surface area contributed by atoms with Crippen LogP contribution in [-0.4, -0.2) is 94.2 Å². The highest BCUT2D eigenvalue weighted by Gasteiger charge is 2.31. The monoisotopic (exact) mass is 473 g/mol. The van der Waals surface area contributed by atoms with E-state index in [2.05, 4.69) is 4.72 Å². The van der Waals surface area contributed by atoms with Gasteiger partial charge in [0.25, 0.3) is 5.91 Å². The van der Waals surface area contributed by atoms with Crippen LogP contribution in [0.3, 0.4) is 0 Å². The zero-order chi connectivity index (χ0) is 23.0. The standard InChI is InChI=1S/C20H31N3O6S2/c1-5-31(26,27)21-16(8-13-30-4)20(25)23-11-9-22(10-12-23)19(24)15-6-7-17(28-2)18(14-15)29-3/h6-7,14,16,21H,5,8-13H2,1-4H3. The quantitative estimate of drug-likeness (QED) is 0.541. The third-order valence-corrected chi connectivity index (χ3v) is 7.17. The number of piperazine rings is 1. The first kappa shape index (κ1) is 25.3. The Balaban J connectivity index is 2.03. The number of hydrogen-bond donors (Lipinski definition) is 1. The molecule has 31 heavy (non-hydrogen) atoms.